The smallest absolute Gasteiger partial charge is 0.339 e. The van der Waals surface area contributed by atoms with Gasteiger partial charge in [-0.05, 0) is 75.5 Å². The van der Waals surface area contributed by atoms with Crippen molar-refractivity contribution in [3.8, 4) is 0 Å². The molecule has 0 aromatic rings. The fourth-order valence-corrected chi connectivity index (χ4v) is 4.62. The largest absolute Gasteiger partial charge is 0.462 e. The van der Waals surface area contributed by atoms with Crippen LogP contribution in [0.1, 0.15) is 115 Å². The summed E-state index contributed by atoms with van der Waals surface area (Å²) in [6.07, 6.45) is -0.0957. The van der Waals surface area contributed by atoms with Crippen LogP contribution in [0.2, 0.25) is 0 Å². The maximum atomic E-state index is 13.2. The number of ether oxygens (including phenoxy) is 3. The number of carbonyl (C=O) groups excluding carboxylic acids is 3. The Balaban J connectivity index is 5.60. The lowest BCUT2D eigenvalue weighted by Gasteiger charge is -2.30. The summed E-state index contributed by atoms with van der Waals surface area (Å²) < 4.78 is 16.7. The Labute approximate surface area is 226 Å². The van der Waals surface area contributed by atoms with Crippen molar-refractivity contribution < 1.29 is 33.7 Å². The second-order valence-corrected chi connectivity index (χ2v) is 12.7. The molecule has 0 radical (unpaired) electrons. The first kappa shape index (κ1) is 35.4. The van der Waals surface area contributed by atoms with E-state index in [1.165, 1.54) is 0 Å². The van der Waals surface area contributed by atoms with Crippen LogP contribution < -0.4 is 0 Å². The number of hydrogen-bond donors (Lipinski definition) is 1. The van der Waals surface area contributed by atoms with Crippen molar-refractivity contribution in [2.75, 3.05) is 0 Å². The lowest BCUT2D eigenvalue weighted by Crippen LogP contribution is -2.47. The molecule has 7 nitrogen and oxygen atoms in total. The number of esters is 3. The minimum Gasteiger partial charge on any atom is -0.462 e. The van der Waals surface area contributed by atoms with Gasteiger partial charge in [0.2, 0.25) is 0 Å². The van der Waals surface area contributed by atoms with E-state index in [-0.39, 0.29) is 17.8 Å². The molecule has 218 valence electrons. The molecule has 0 heterocycles. The molecule has 1 N–H and O–H groups in total. The van der Waals surface area contributed by atoms with Crippen molar-refractivity contribution in [2.45, 2.75) is 139 Å². The van der Waals surface area contributed by atoms with Crippen LogP contribution in [-0.2, 0) is 28.6 Å². The highest BCUT2D eigenvalue weighted by molar-refractivity contribution is 5.90. The molecule has 0 spiro atoms. The third-order valence-corrected chi connectivity index (χ3v) is 7.11. The first-order chi connectivity index (χ1) is 16.9. The number of carbonyl (C=O) groups is 3. The van der Waals surface area contributed by atoms with E-state index >= 15 is 0 Å². The van der Waals surface area contributed by atoms with E-state index in [0.29, 0.717) is 17.8 Å². The fourth-order valence-electron chi connectivity index (χ4n) is 4.62. The van der Waals surface area contributed by atoms with Gasteiger partial charge in [0.15, 0.2) is 5.60 Å². The Morgan fingerprint density at radius 1 is 0.541 bits per heavy atom. The van der Waals surface area contributed by atoms with Crippen molar-refractivity contribution in [2.24, 2.45) is 35.5 Å². The number of rotatable bonds is 17. The SMILES string of the molecule is CC(C)CC(C)C(C)OC(=O)CC(O)(CC(=O)OC(C)C(C)CC(C)C)C(=O)OC(C)C(C)CC(C)C. The minimum absolute atomic E-state index is 0.0425. The molecule has 0 saturated carbocycles. The molecule has 6 atom stereocenters. The van der Waals surface area contributed by atoms with Gasteiger partial charge >= 0.3 is 17.9 Å². The second-order valence-electron chi connectivity index (χ2n) is 12.7. The Hall–Kier alpha value is -1.63. The third kappa shape index (κ3) is 14.2. The molecule has 0 amide bonds. The van der Waals surface area contributed by atoms with Gasteiger partial charge in [-0.1, -0.05) is 62.3 Å². The predicted octanol–water partition coefficient (Wildman–Crippen LogP) is 6.34. The van der Waals surface area contributed by atoms with Gasteiger partial charge in [-0.25, -0.2) is 4.79 Å². The third-order valence-electron chi connectivity index (χ3n) is 7.11. The highest BCUT2D eigenvalue weighted by atomic mass is 16.6. The maximum Gasteiger partial charge on any atom is 0.339 e. The van der Waals surface area contributed by atoms with Crippen LogP contribution in [0.5, 0.6) is 0 Å². The highest BCUT2D eigenvalue weighted by Gasteiger charge is 2.45. The summed E-state index contributed by atoms with van der Waals surface area (Å²) in [4.78, 5) is 38.8. The number of aliphatic hydroxyl groups is 1. The molecule has 0 saturated heterocycles. The van der Waals surface area contributed by atoms with Crippen LogP contribution in [0.4, 0.5) is 0 Å². The zero-order valence-electron chi connectivity index (χ0n) is 25.6. The fraction of sp³-hybridized carbons (Fsp3) is 0.900. The van der Waals surface area contributed by atoms with Crippen LogP contribution in [0.15, 0.2) is 0 Å². The monoisotopic (exact) mass is 528 g/mol. The molecule has 0 rings (SSSR count). The summed E-state index contributed by atoms with van der Waals surface area (Å²) in [6, 6.07) is 0. The van der Waals surface area contributed by atoms with E-state index in [0.717, 1.165) is 19.3 Å². The zero-order chi connectivity index (χ0) is 29.1. The summed E-state index contributed by atoms with van der Waals surface area (Å²) in [5, 5.41) is 11.4. The van der Waals surface area contributed by atoms with Gasteiger partial charge in [0.05, 0.1) is 12.8 Å². The maximum absolute atomic E-state index is 13.2. The molecular weight excluding hydrogens is 472 g/mol. The first-order valence-corrected chi connectivity index (χ1v) is 14.2. The molecule has 0 aromatic carbocycles. The van der Waals surface area contributed by atoms with Crippen molar-refractivity contribution in [1.29, 1.82) is 0 Å². The quantitative estimate of drug-likeness (QED) is 0.174. The molecular formula is C30H56O7. The van der Waals surface area contributed by atoms with E-state index in [1.807, 2.05) is 20.8 Å². The molecule has 0 aromatic heterocycles. The van der Waals surface area contributed by atoms with Gasteiger partial charge in [0, 0.05) is 0 Å². The standard InChI is InChI=1S/C30H56O7/c1-18(2)13-21(7)24(10)35-27(31)16-30(34,29(33)37-26(12)23(9)15-20(5)6)17-28(32)36-25(11)22(8)14-19(3)4/h18-26,34H,13-17H2,1-12H3. The zero-order valence-corrected chi connectivity index (χ0v) is 25.6. The summed E-state index contributed by atoms with van der Waals surface area (Å²) in [5.74, 6) is -0.971. The van der Waals surface area contributed by atoms with Crippen LogP contribution in [0.25, 0.3) is 0 Å². The van der Waals surface area contributed by atoms with E-state index in [9.17, 15) is 19.5 Å². The van der Waals surface area contributed by atoms with Crippen LogP contribution in [0, 0.1) is 35.5 Å². The molecule has 0 aliphatic heterocycles. The summed E-state index contributed by atoms with van der Waals surface area (Å²) in [5.41, 5.74) is -2.37. The number of hydrogen-bond acceptors (Lipinski definition) is 7. The van der Waals surface area contributed by atoms with Crippen molar-refractivity contribution in [3.63, 3.8) is 0 Å². The summed E-state index contributed by atoms with van der Waals surface area (Å²) in [6.45, 7) is 23.8. The first-order valence-electron chi connectivity index (χ1n) is 14.2. The van der Waals surface area contributed by atoms with E-state index in [2.05, 4.69) is 41.5 Å². The highest BCUT2D eigenvalue weighted by Crippen LogP contribution is 2.26. The molecule has 0 bridgehead atoms. The normalized spacial score (nSPS) is 18.5. The van der Waals surface area contributed by atoms with E-state index in [4.69, 9.17) is 14.2 Å². The predicted molar refractivity (Wildman–Crippen MR) is 147 cm³/mol. The summed E-state index contributed by atoms with van der Waals surface area (Å²) in [7, 11) is 0. The van der Waals surface area contributed by atoms with Gasteiger partial charge in [0.1, 0.15) is 18.3 Å². The van der Waals surface area contributed by atoms with Crippen LogP contribution in [-0.4, -0.2) is 46.9 Å². The molecule has 0 fully saturated rings. The molecule has 0 aliphatic rings. The lowest BCUT2D eigenvalue weighted by molar-refractivity contribution is -0.185. The Bertz CT molecular complexity index is 662. The van der Waals surface area contributed by atoms with Crippen molar-refractivity contribution in [1.82, 2.24) is 0 Å². The molecule has 0 aliphatic carbocycles. The van der Waals surface area contributed by atoms with E-state index in [1.54, 1.807) is 20.8 Å². The van der Waals surface area contributed by atoms with Crippen molar-refractivity contribution >= 4 is 17.9 Å². The topological polar surface area (TPSA) is 99.1 Å². The van der Waals surface area contributed by atoms with Gasteiger partial charge in [-0.3, -0.25) is 9.59 Å². The van der Waals surface area contributed by atoms with Gasteiger partial charge in [-0.2, -0.15) is 0 Å². The Morgan fingerprint density at radius 3 is 1.08 bits per heavy atom. The Morgan fingerprint density at radius 2 is 0.811 bits per heavy atom. The lowest BCUT2D eigenvalue weighted by atomic mass is 9.92. The minimum atomic E-state index is -2.37. The van der Waals surface area contributed by atoms with Gasteiger partial charge in [0.25, 0.3) is 0 Å². The van der Waals surface area contributed by atoms with Crippen LogP contribution in [0.3, 0.4) is 0 Å². The molecule has 37 heavy (non-hydrogen) atoms. The van der Waals surface area contributed by atoms with Crippen molar-refractivity contribution in [3.05, 3.63) is 0 Å². The molecule has 6 unspecified atom stereocenters. The van der Waals surface area contributed by atoms with Crippen LogP contribution >= 0.6 is 0 Å². The van der Waals surface area contributed by atoms with E-state index < -0.39 is 54.7 Å². The average molecular weight is 529 g/mol. The van der Waals surface area contributed by atoms with Gasteiger partial charge < -0.3 is 19.3 Å². The average Bonchev–Trinajstić information content (AvgIpc) is 2.71. The molecule has 7 heteroatoms. The summed E-state index contributed by atoms with van der Waals surface area (Å²) >= 11 is 0. The Kier molecular flexibility index (Phi) is 15.6. The van der Waals surface area contributed by atoms with Gasteiger partial charge in [-0.15, -0.1) is 0 Å². The second kappa shape index (κ2) is 16.4.